The third-order valence-corrected chi connectivity index (χ3v) is 7.00. The molecule has 2 aromatic heterocycles. The summed E-state index contributed by atoms with van der Waals surface area (Å²) in [5, 5.41) is 0.684. The molecule has 36 heavy (non-hydrogen) atoms. The van der Waals surface area contributed by atoms with Crippen molar-refractivity contribution >= 4 is 38.7 Å². The van der Waals surface area contributed by atoms with E-state index in [2.05, 4.69) is 31.0 Å². The molecule has 2 heterocycles. The van der Waals surface area contributed by atoms with Crippen LogP contribution < -0.4 is 19.1 Å². The number of hydrogen-bond donors (Lipinski definition) is 0. The topological polar surface area (TPSA) is 78.7 Å². The average molecular weight is 507 g/mol. The molecule has 0 atom stereocenters. The lowest BCUT2D eigenvalue weighted by Gasteiger charge is -2.18. The van der Waals surface area contributed by atoms with E-state index in [4.69, 9.17) is 19.2 Å². The number of carbonyl (C=O) groups excluding carboxylic acids is 1. The molecule has 9 heteroatoms. The SMILES string of the molecule is COc1cc(/C=C/C(=O)N(CCCn2ccnc2)c2nc3cc(C)cc(C)c3s2)cc(OC)c1OC. The predicted octanol–water partition coefficient (Wildman–Crippen LogP) is 5.27. The first kappa shape index (κ1) is 25.2. The molecule has 0 aliphatic heterocycles. The Kier molecular flexibility index (Phi) is 7.90. The lowest BCUT2D eigenvalue weighted by molar-refractivity contribution is -0.114. The van der Waals surface area contributed by atoms with E-state index in [1.54, 1.807) is 74.4 Å². The fourth-order valence-electron chi connectivity index (χ4n) is 4.07. The molecule has 0 saturated heterocycles. The molecule has 0 unspecified atom stereocenters. The number of amides is 1. The normalized spacial score (nSPS) is 11.2. The van der Waals surface area contributed by atoms with Gasteiger partial charge in [-0.2, -0.15) is 0 Å². The maximum Gasteiger partial charge on any atom is 0.252 e. The van der Waals surface area contributed by atoms with Crippen LogP contribution in [0, 0.1) is 13.8 Å². The second-order valence-corrected chi connectivity index (χ2v) is 9.34. The standard InChI is InChI=1S/C27H30N4O4S/c1-18-13-19(2)26-21(14-18)29-27(36-26)31(11-6-10-30-12-9-28-17-30)24(32)8-7-20-15-22(33-3)25(35-5)23(16-20)34-4/h7-9,12-17H,6,10-11H2,1-5H3/b8-7+. The van der Waals surface area contributed by atoms with Gasteiger partial charge in [-0.1, -0.05) is 17.4 Å². The van der Waals surface area contributed by atoms with Gasteiger partial charge in [-0.3, -0.25) is 9.69 Å². The monoisotopic (exact) mass is 506 g/mol. The van der Waals surface area contributed by atoms with Crippen LogP contribution >= 0.6 is 11.3 Å². The van der Waals surface area contributed by atoms with Gasteiger partial charge in [0.25, 0.3) is 5.91 Å². The molecule has 2 aromatic carbocycles. The number of methoxy groups -OCH3 is 3. The Morgan fingerprint density at radius 2 is 1.83 bits per heavy atom. The lowest BCUT2D eigenvalue weighted by atomic mass is 10.1. The highest BCUT2D eigenvalue weighted by molar-refractivity contribution is 7.22. The molecule has 0 aliphatic carbocycles. The summed E-state index contributed by atoms with van der Waals surface area (Å²) in [6, 6.07) is 7.80. The van der Waals surface area contributed by atoms with Gasteiger partial charge >= 0.3 is 0 Å². The molecule has 4 aromatic rings. The number of imidazole rings is 1. The maximum atomic E-state index is 13.5. The minimum atomic E-state index is -0.150. The van der Waals surface area contributed by atoms with E-state index in [0.29, 0.717) is 28.9 Å². The van der Waals surface area contributed by atoms with Crippen LogP contribution in [0.4, 0.5) is 5.13 Å². The van der Waals surface area contributed by atoms with Crippen molar-refractivity contribution in [1.82, 2.24) is 14.5 Å². The molecule has 1 amide bonds. The third-order valence-electron chi connectivity index (χ3n) is 5.77. The second-order valence-electron chi connectivity index (χ2n) is 8.36. The van der Waals surface area contributed by atoms with Crippen LogP contribution in [-0.4, -0.2) is 48.3 Å². The highest BCUT2D eigenvalue weighted by Gasteiger charge is 2.19. The van der Waals surface area contributed by atoms with Crippen molar-refractivity contribution in [3.63, 3.8) is 0 Å². The molecule has 0 spiro atoms. The average Bonchev–Trinajstić information content (AvgIpc) is 3.54. The number of fused-ring (bicyclic) bond motifs is 1. The Morgan fingerprint density at radius 1 is 1.08 bits per heavy atom. The van der Waals surface area contributed by atoms with Crippen molar-refractivity contribution in [1.29, 1.82) is 0 Å². The fourth-order valence-corrected chi connectivity index (χ4v) is 5.11. The summed E-state index contributed by atoms with van der Waals surface area (Å²) in [7, 11) is 4.69. The highest BCUT2D eigenvalue weighted by Crippen LogP contribution is 2.38. The van der Waals surface area contributed by atoms with Gasteiger partial charge in [0, 0.05) is 31.6 Å². The Bertz CT molecular complexity index is 1350. The summed E-state index contributed by atoms with van der Waals surface area (Å²) in [5.41, 5.74) is 3.98. The van der Waals surface area contributed by atoms with Gasteiger partial charge < -0.3 is 18.8 Å². The van der Waals surface area contributed by atoms with Gasteiger partial charge in [-0.15, -0.1) is 0 Å². The van der Waals surface area contributed by atoms with E-state index >= 15 is 0 Å². The minimum Gasteiger partial charge on any atom is -0.493 e. The maximum absolute atomic E-state index is 13.5. The molecule has 0 radical (unpaired) electrons. The van der Waals surface area contributed by atoms with Crippen LogP contribution in [0.2, 0.25) is 0 Å². The summed E-state index contributed by atoms with van der Waals surface area (Å²) >= 11 is 1.54. The van der Waals surface area contributed by atoms with Crippen LogP contribution in [-0.2, 0) is 11.3 Å². The first-order valence-corrected chi connectivity index (χ1v) is 12.4. The van der Waals surface area contributed by atoms with Gasteiger partial charge in [-0.25, -0.2) is 9.97 Å². The minimum absolute atomic E-state index is 0.150. The van der Waals surface area contributed by atoms with Gasteiger partial charge in [0.2, 0.25) is 5.75 Å². The molecule has 0 saturated carbocycles. The number of carbonyl (C=O) groups is 1. The molecular weight excluding hydrogens is 476 g/mol. The van der Waals surface area contributed by atoms with Crippen LogP contribution in [0.5, 0.6) is 17.2 Å². The summed E-state index contributed by atoms with van der Waals surface area (Å²) in [6.45, 7) is 5.41. The van der Waals surface area contributed by atoms with Crippen molar-refractivity contribution in [3.8, 4) is 17.2 Å². The summed E-state index contributed by atoms with van der Waals surface area (Å²) in [4.78, 5) is 24.1. The van der Waals surface area contributed by atoms with Crippen molar-refractivity contribution in [2.24, 2.45) is 0 Å². The molecule has 8 nitrogen and oxygen atoms in total. The summed E-state index contributed by atoms with van der Waals surface area (Å²) in [5.74, 6) is 1.41. The van der Waals surface area contributed by atoms with Gasteiger partial charge in [0.05, 0.1) is 37.9 Å². The van der Waals surface area contributed by atoms with Crippen LogP contribution in [0.15, 0.2) is 49.1 Å². The van der Waals surface area contributed by atoms with E-state index in [1.807, 2.05) is 10.8 Å². The molecular formula is C27H30N4O4S. The number of anilines is 1. The number of hydrogen-bond acceptors (Lipinski definition) is 7. The first-order chi connectivity index (χ1) is 17.4. The Labute approximate surface area is 214 Å². The highest BCUT2D eigenvalue weighted by atomic mass is 32.1. The van der Waals surface area contributed by atoms with Crippen molar-refractivity contribution < 1.29 is 19.0 Å². The molecule has 4 rings (SSSR count). The van der Waals surface area contributed by atoms with E-state index in [1.165, 1.54) is 0 Å². The van der Waals surface area contributed by atoms with Crippen LogP contribution in [0.25, 0.3) is 16.3 Å². The zero-order valence-corrected chi connectivity index (χ0v) is 22.0. The van der Waals surface area contributed by atoms with Gasteiger partial charge in [0.1, 0.15) is 0 Å². The van der Waals surface area contributed by atoms with E-state index in [-0.39, 0.29) is 5.91 Å². The van der Waals surface area contributed by atoms with E-state index in [9.17, 15) is 4.79 Å². The quantitative estimate of drug-likeness (QED) is 0.273. The summed E-state index contributed by atoms with van der Waals surface area (Å²) in [6.07, 6.45) is 9.51. The summed E-state index contributed by atoms with van der Waals surface area (Å²) < 4.78 is 19.4. The zero-order valence-electron chi connectivity index (χ0n) is 21.1. The number of aromatic nitrogens is 3. The van der Waals surface area contributed by atoms with Crippen molar-refractivity contribution in [2.45, 2.75) is 26.8 Å². The molecule has 0 fully saturated rings. The van der Waals surface area contributed by atoms with Crippen molar-refractivity contribution in [3.05, 3.63) is 65.8 Å². The number of aryl methyl sites for hydroxylation is 3. The van der Waals surface area contributed by atoms with Crippen molar-refractivity contribution in [2.75, 3.05) is 32.8 Å². The van der Waals surface area contributed by atoms with E-state index in [0.717, 1.165) is 39.9 Å². The number of rotatable bonds is 10. The zero-order chi connectivity index (χ0) is 25.7. The number of benzene rings is 2. The Morgan fingerprint density at radius 3 is 2.47 bits per heavy atom. The van der Waals surface area contributed by atoms with Crippen LogP contribution in [0.1, 0.15) is 23.1 Å². The lowest BCUT2D eigenvalue weighted by Crippen LogP contribution is -2.30. The fraction of sp³-hybridized carbons (Fsp3) is 0.296. The Hall–Kier alpha value is -3.85. The molecule has 0 bridgehead atoms. The number of nitrogens with zero attached hydrogens (tertiary/aromatic N) is 4. The van der Waals surface area contributed by atoms with Gasteiger partial charge in [-0.05, 0) is 61.2 Å². The second kappa shape index (κ2) is 11.3. The Balaban J connectivity index is 1.63. The smallest absolute Gasteiger partial charge is 0.252 e. The number of ether oxygens (including phenoxy) is 3. The predicted molar refractivity (Wildman–Crippen MR) is 143 cm³/mol. The molecule has 188 valence electrons. The number of thiazole rings is 1. The largest absolute Gasteiger partial charge is 0.493 e. The van der Waals surface area contributed by atoms with Crippen LogP contribution in [0.3, 0.4) is 0 Å². The molecule has 0 N–H and O–H groups in total. The van der Waals surface area contributed by atoms with Gasteiger partial charge in [0.15, 0.2) is 16.6 Å². The third kappa shape index (κ3) is 5.52. The molecule has 0 aliphatic rings. The van der Waals surface area contributed by atoms with E-state index < -0.39 is 0 Å². The first-order valence-electron chi connectivity index (χ1n) is 11.6.